The lowest BCUT2D eigenvalue weighted by atomic mass is 10.0. The van der Waals surface area contributed by atoms with E-state index in [1.807, 2.05) is 0 Å². The fourth-order valence-electron chi connectivity index (χ4n) is 7.23. The van der Waals surface area contributed by atoms with Gasteiger partial charge >= 0.3 is 23.9 Å². The highest BCUT2D eigenvalue weighted by molar-refractivity contribution is 5.98. The summed E-state index contributed by atoms with van der Waals surface area (Å²) in [6.07, 6.45) is 50.9. The highest BCUT2D eigenvalue weighted by Crippen LogP contribution is 2.17. The van der Waals surface area contributed by atoms with Crippen molar-refractivity contribution in [2.24, 2.45) is 0 Å². The van der Waals surface area contributed by atoms with Gasteiger partial charge in [0.05, 0.1) is 0 Å². The lowest BCUT2D eigenvalue weighted by Gasteiger charge is -2.04. The number of ether oxygens (including phenoxy) is 2. The van der Waals surface area contributed by atoms with E-state index in [-0.39, 0.29) is 12.8 Å². The summed E-state index contributed by atoms with van der Waals surface area (Å²) in [6.45, 7) is 4.55. The molecular formula is C48H88O6. The van der Waals surface area contributed by atoms with Crippen LogP contribution in [-0.4, -0.2) is 23.9 Å². The topological polar surface area (TPSA) is 86.7 Å². The average molecular weight is 761 g/mol. The predicted octanol–water partition coefficient (Wildman–Crippen LogP) is 15.3. The molecule has 0 aliphatic heterocycles. The van der Waals surface area contributed by atoms with Crippen LogP contribution in [-0.2, 0) is 28.7 Å². The maximum atomic E-state index is 12.0. The molecule has 0 spiro atoms. The van der Waals surface area contributed by atoms with Gasteiger partial charge in [-0.25, -0.2) is 9.59 Å². The van der Waals surface area contributed by atoms with Crippen LogP contribution in [0.25, 0.3) is 0 Å². The Kier molecular flexibility index (Phi) is 42.1. The Bertz CT molecular complexity index is 810. The molecule has 0 N–H and O–H groups in total. The first-order chi connectivity index (χ1) is 26.5. The van der Waals surface area contributed by atoms with E-state index in [0.717, 1.165) is 37.8 Å². The molecule has 6 heteroatoms. The van der Waals surface area contributed by atoms with Crippen LogP contribution in [0.2, 0.25) is 0 Å². The SMILES string of the molecule is CCCCCCCCCCCCCCCCCCCCCC(=O)OC(=O)/C=C/C(=O)OC(=O)CCCCCCCCCCCCCCCCCCCCC. The van der Waals surface area contributed by atoms with E-state index in [1.54, 1.807) is 0 Å². The van der Waals surface area contributed by atoms with Gasteiger partial charge in [0.1, 0.15) is 0 Å². The largest absolute Gasteiger partial charge is 0.390 e. The molecular weight excluding hydrogens is 673 g/mol. The Hall–Kier alpha value is -1.98. The van der Waals surface area contributed by atoms with Crippen molar-refractivity contribution in [2.45, 2.75) is 271 Å². The van der Waals surface area contributed by atoms with Gasteiger partial charge in [0.2, 0.25) is 0 Å². The second-order valence-corrected chi connectivity index (χ2v) is 16.1. The molecule has 6 nitrogen and oxygen atoms in total. The van der Waals surface area contributed by atoms with Crippen molar-refractivity contribution in [3.05, 3.63) is 12.2 Å². The molecule has 0 saturated carbocycles. The van der Waals surface area contributed by atoms with E-state index in [4.69, 9.17) is 9.47 Å². The molecule has 0 amide bonds. The van der Waals surface area contributed by atoms with E-state index in [2.05, 4.69) is 13.8 Å². The molecule has 0 radical (unpaired) electrons. The Morgan fingerprint density at radius 1 is 0.278 bits per heavy atom. The Balaban J connectivity index is 3.50. The quantitative estimate of drug-likeness (QED) is 0.0266. The molecule has 0 aliphatic carbocycles. The number of carbonyl (C=O) groups excluding carboxylic acids is 4. The molecule has 0 rings (SSSR count). The number of unbranched alkanes of at least 4 members (excludes halogenated alkanes) is 36. The van der Waals surface area contributed by atoms with Gasteiger partial charge in [0, 0.05) is 25.0 Å². The van der Waals surface area contributed by atoms with Crippen molar-refractivity contribution in [3.63, 3.8) is 0 Å². The van der Waals surface area contributed by atoms with E-state index < -0.39 is 23.9 Å². The first kappa shape index (κ1) is 52.0. The van der Waals surface area contributed by atoms with Gasteiger partial charge in [0.15, 0.2) is 0 Å². The Morgan fingerprint density at radius 2 is 0.444 bits per heavy atom. The van der Waals surface area contributed by atoms with Gasteiger partial charge in [-0.2, -0.15) is 0 Å². The lowest BCUT2D eigenvalue weighted by molar-refractivity contribution is -0.159. The van der Waals surface area contributed by atoms with Crippen molar-refractivity contribution in [3.8, 4) is 0 Å². The minimum Gasteiger partial charge on any atom is -0.390 e. The summed E-state index contributed by atoms with van der Waals surface area (Å²) in [5.41, 5.74) is 0. The maximum Gasteiger partial charge on any atom is 0.338 e. The molecule has 0 unspecified atom stereocenters. The fourth-order valence-corrected chi connectivity index (χ4v) is 7.23. The average Bonchev–Trinajstić information content (AvgIpc) is 3.15. The van der Waals surface area contributed by atoms with Crippen molar-refractivity contribution in [1.29, 1.82) is 0 Å². The van der Waals surface area contributed by atoms with Gasteiger partial charge in [-0.1, -0.05) is 245 Å². The van der Waals surface area contributed by atoms with E-state index in [1.165, 1.54) is 205 Å². The number of hydrogen-bond donors (Lipinski definition) is 0. The summed E-state index contributed by atoms with van der Waals surface area (Å²) < 4.78 is 9.51. The molecule has 0 bridgehead atoms. The normalized spacial score (nSPS) is 11.4. The first-order valence-electron chi connectivity index (χ1n) is 23.7. The second-order valence-electron chi connectivity index (χ2n) is 16.1. The van der Waals surface area contributed by atoms with Gasteiger partial charge in [-0.05, 0) is 12.8 Å². The predicted molar refractivity (Wildman–Crippen MR) is 227 cm³/mol. The van der Waals surface area contributed by atoms with Crippen LogP contribution in [0, 0.1) is 0 Å². The fraction of sp³-hybridized carbons (Fsp3) is 0.875. The van der Waals surface area contributed by atoms with Gasteiger partial charge in [0.25, 0.3) is 0 Å². The Labute approximate surface area is 334 Å². The first-order valence-corrected chi connectivity index (χ1v) is 23.7. The molecule has 0 aromatic carbocycles. The number of rotatable bonds is 42. The molecule has 0 aromatic rings. The van der Waals surface area contributed by atoms with Crippen LogP contribution in [0.3, 0.4) is 0 Å². The standard InChI is InChI=1S/C48H88O6/c1-3-5-7-9-11-13-15-17-19-21-23-25-27-29-31-33-35-37-39-41-45(49)53-47(51)43-44-48(52)54-46(50)42-40-38-36-34-32-30-28-26-24-22-20-18-16-14-12-10-8-6-4-2/h43-44H,3-42H2,1-2H3/b44-43+. The smallest absolute Gasteiger partial charge is 0.338 e. The molecule has 316 valence electrons. The van der Waals surface area contributed by atoms with Crippen molar-refractivity contribution in [1.82, 2.24) is 0 Å². The zero-order chi connectivity index (χ0) is 39.4. The molecule has 0 atom stereocenters. The third-order valence-corrected chi connectivity index (χ3v) is 10.8. The maximum absolute atomic E-state index is 12.0. The van der Waals surface area contributed by atoms with Crippen LogP contribution >= 0.6 is 0 Å². The van der Waals surface area contributed by atoms with Crippen molar-refractivity contribution >= 4 is 23.9 Å². The summed E-state index contributed by atoms with van der Waals surface area (Å²) in [5, 5.41) is 0. The van der Waals surface area contributed by atoms with Crippen molar-refractivity contribution in [2.75, 3.05) is 0 Å². The highest BCUT2D eigenvalue weighted by Gasteiger charge is 2.11. The van der Waals surface area contributed by atoms with Crippen molar-refractivity contribution < 1.29 is 28.7 Å². The summed E-state index contributed by atoms with van der Waals surface area (Å²) in [4.78, 5) is 47.7. The van der Waals surface area contributed by atoms with E-state index in [9.17, 15) is 19.2 Å². The van der Waals surface area contributed by atoms with Crippen LogP contribution in [0.5, 0.6) is 0 Å². The molecule has 54 heavy (non-hydrogen) atoms. The number of esters is 4. The number of carbonyl (C=O) groups is 4. The minimum atomic E-state index is -0.916. The van der Waals surface area contributed by atoms with Crippen LogP contribution in [0.1, 0.15) is 271 Å². The van der Waals surface area contributed by atoms with Crippen LogP contribution in [0.15, 0.2) is 12.2 Å². The van der Waals surface area contributed by atoms with Gasteiger partial charge in [-0.15, -0.1) is 0 Å². The summed E-state index contributed by atoms with van der Waals surface area (Å²) in [7, 11) is 0. The van der Waals surface area contributed by atoms with E-state index >= 15 is 0 Å². The van der Waals surface area contributed by atoms with E-state index in [0.29, 0.717) is 12.8 Å². The van der Waals surface area contributed by atoms with Crippen LogP contribution in [0.4, 0.5) is 0 Å². The van der Waals surface area contributed by atoms with Gasteiger partial charge in [-0.3, -0.25) is 9.59 Å². The molecule has 0 aliphatic rings. The summed E-state index contributed by atoms with van der Waals surface area (Å²) >= 11 is 0. The second kappa shape index (κ2) is 43.7. The zero-order valence-corrected chi connectivity index (χ0v) is 35.9. The monoisotopic (exact) mass is 761 g/mol. The highest BCUT2D eigenvalue weighted by atomic mass is 16.6. The summed E-state index contributed by atoms with van der Waals surface area (Å²) in [5.74, 6) is -3.02. The zero-order valence-electron chi connectivity index (χ0n) is 35.9. The Morgan fingerprint density at radius 3 is 0.630 bits per heavy atom. The third kappa shape index (κ3) is 42.8. The number of hydrogen-bond acceptors (Lipinski definition) is 6. The van der Waals surface area contributed by atoms with Crippen LogP contribution < -0.4 is 0 Å². The van der Waals surface area contributed by atoms with Gasteiger partial charge < -0.3 is 9.47 Å². The molecule has 0 aromatic heterocycles. The molecule has 0 fully saturated rings. The third-order valence-electron chi connectivity index (χ3n) is 10.8. The minimum absolute atomic E-state index is 0.181. The molecule has 0 saturated heterocycles. The lowest BCUT2D eigenvalue weighted by Crippen LogP contribution is -2.12. The summed E-state index contributed by atoms with van der Waals surface area (Å²) in [6, 6.07) is 0. The molecule has 0 heterocycles.